The van der Waals surface area contributed by atoms with Gasteiger partial charge in [0.1, 0.15) is 0 Å². The normalized spacial score (nSPS) is 35.0. The summed E-state index contributed by atoms with van der Waals surface area (Å²) in [6.07, 6.45) is 2.44. The summed E-state index contributed by atoms with van der Waals surface area (Å²) in [5.74, 6) is 0. The molecule has 0 saturated carbocycles. The minimum absolute atomic E-state index is 0.676. The lowest BCUT2D eigenvalue weighted by Gasteiger charge is -1.98. The highest BCUT2D eigenvalue weighted by molar-refractivity contribution is 5.92. The maximum absolute atomic E-state index is 4.35. The van der Waals surface area contributed by atoms with Crippen LogP contribution in [0, 0.1) is 0 Å². The number of hydrogen-bond acceptors (Lipinski definition) is 2. The van der Waals surface area contributed by atoms with E-state index in [1.165, 1.54) is 18.6 Å². The molecular weight excluding hydrogens is 100 g/mol. The summed E-state index contributed by atoms with van der Waals surface area (Å²) in [6.45, 7) is 2.22. The molecule has 1 saturated heterocycles. The predicted molar refractivity (Wildman–Crippen MR) is 33.3 cm³/mol. The molecule has 8 heavy (non-hydrogen) atoms. The number of rotatable bonds is 0. The third-order valence-electron chi connectivity index (χ3n) is 1.91. The van der Waals surface area contributed by atoms with Crippen molar-refractivity contribution in [1.82, 2.24) is 5.32 Å². The molecule has 0 amide bonds. The monoisotopic (exact) mass is 110 g/mol. The van der Waals surface area contributed by atoms with Crippen LogP contribution in [0.5, 0.6) is 0 Å². The van der Waals surface area contributed by atoms with E-state index in [0.717, 1.165) is 13.1 Å². The van der Waals surface area contributed by atoms with Crippen LogP contribution >= 0.6 is 0 Å². The zero-order chi connectivity index (χ0) is 5.40. The molecule has 2 aliphatic heterocycles. The van der Waals surface area contributed by atoms with E-state index >= 15 is 0 Å². The Hall–Kier alpha value is -0.370. The summed E-state index contributed by atoms with van der Waals surface area (Å²) < 4.78 is 0. The predicted octanol–water partition coefficient (Wildman–Crippen LogP) is 0.193. The highest BCUT2D eigenvalue weighted by atomic mass is 15.0. The van der Waals surface area contributed by atoms with Crippen molar-refractivity contribution < 1.29 is 0 Å². The standard InChI is InChI=1S/C6H10N2/c1-3-7-6-2-4-8-5(1)6/h5,8H,1-4H2. The van der Waals surface area contributed by atoms with Gasteiger partial charge in [-0.25, -0.2) is 0 Å². The van der Waals surface area contributed by atoms with Crippen LogP contribution in [0.2, 0.25) is 0 Å². The van der Waals surface area contributed by atoms with Gasteiger partial charge < -0.3 is 5.32 Å². The van der Waals surface area contributed by atoms with Crippen molar-refractivity contribution in [2.75, 3.05) is 13.1 Å². The molecule has 2 rings (SSSR count). The minimum atomic E-state index is 0.676. The van der Waals surface area contributed by atoms with E-state index in [0.29, 0.717) is 6.04 Å². The molecule has 1 N–H and O–H groups in total. The van der Waals surface area contributed by atoms with E-state index in [1.54, 1.807) is 0 Å². The van der Waals surface area contributed by atoms with E-state index in [2.05, 4.69) is 10.3 Å². The Labute approximate surface area is 49.0 Å². The van der Waals surface area contributed by atoms with Gasteiger partial charge in [-0.1, -0.05) is 0 Å². The van der Waals surface area contributed by atoms with Gasteiger partial charge in [0.15, 0.2) is 0 Å². The smallest absolute Gasteiger partial charge is 0.0469 e. The fourth-order valence-corrected chi connectivity index (χ4v) is 1.46. The zero-order valence-electron chi connectivity index (χ0n) is 4.85. The van der Waals surface area contributed by atoms with Gasteiger partial charge in [-0.2, -0.15) is 0 Å². The van der Waals surface area contributed by atoms with Gasteiger partial charge in [0.2, 0.25) is 0 Å². The van der Waals surface area contributed by atoms with Gasteiger partial charge in [0.25, 0.3) is 0 Å². The number of aliphatic imine (C=N–C) groups is 1. The molecule has 1 unspecified atom stereocenters. The Kier molecular flexibility index (Phi) is 0.875. The van der Waals surface area contributed by atoms with E-state index in [1.807, 2.05) is 0 Å². The fraction of sp³-hybridized carbons (Fsp3) is 0.833. The molecule has 2 nitrogen and oxygen atoms in total. The molecule has 0 spiro atoms. The van der Waals surface area contributed by atoms with E-state index in [4.69, 9.17) is 0 Å². The molecule has 1 fully saturated rings. The topological polar surface area (TPSA) is 24.4 Å². The zero-order valence-corrected chi connectivity index (χ0v) is 4.85. The summed E-state index contributed by atoms with van der Waals surface area (Å²) in [7, 11) is 0. The molecule has 0 aliphatic carbocycles. The van der Waals surface area contributed by atoms with Crippen molar-refractivity contribution in [3.63, 3.8) is 0 Å². The van der Waals surface area contributed by atoms with E-state index in [-0.39, 0.29) is 0 Å². The number of nitrogens with zero attached hydrogens (tertiary/aromatic N) is 1. The van der Waals surface area contributed by atoms with E-state index in [9.17, 15) is 0 Å². The Morgan fingerprint density at radius 2 is 2.62 bits per heavy atom. The minimum Gasteiger partial charge on any atom is -0.308 e. The maximum atomic E-state index is 4.35. The number of fused-ring (bicyclic) bond motifs is 1. The SMILES string of the molecule is C1CC2NCCC2=N1. The average molecular weight is 110 g/mol. The van der Waals surface area contributed by atoms with Crippen LogP contribution in [0.15, 0.2) is 4.99 Å². The second-order valence-corrected chi connectivity index (χ2v) is 2.42. The molecule has 44 valence electrons. The molecule has 0 aromatic heterocycles. The first kappa shape index (κ1) is 4.50. The lowest BCUT2D eigenvalue weighted by atomic mass is 10.2. The Morgan fingerprint density at radius 1 is 1.62 bits per heavy atom. The first-order valence-corrected chi connectivity index (χ1v) is 3.23. The highest BCUT2D eigenvalue weighted by Gasteiger charge is 2.24. The molecule has 0 aromatic carbocycles. The first-order valence-electron chi connectivity index (χ1n) is 3.23. The van der Waals surface area contributed by atoms with Gasteiger partial charge in [0.05, 0.1) is 0 Å². The summed E-state index contributed by atoms with van der Waals surface area (Å²) in [5.41, 5.74) is 1.42. The van der Waals surface area contributed by atoms with Gasteiger partial charge in [-0.3, -0.25) is 4.99 Å². The lowest BCUT2D eigenvalue weighted by molar-refractivity contribution is 0.669. The largest absolute Gasteiger partial charge is 0.308 e. The van der Waals surface area contributed by atoms with Gasteiger partial charge in [-0.05, 0) is 12.8 Å². The first-order chi connectivity index (χ1) is 3.97. The lowest BCUT2D eigenvalue weighted by Crippen LogP contribution is -2.23. The van der Waals surface area contributed by atoms with Crippen molar-refractivity contribution in [3.8, 4) is 0 Å². The number of hydrogen-bond donors (Lipinski definition) is 1. The van der Waals surface area contributed by atoms with Crippen molar-refractivity contribution in [2.24, 2.45) is 4.99 Å². The van der Waals surface area contributed by atoms with Crippen LogP contribution in [0.25, 0.3) is 0 Å². The number of nitrogens with one attached hydrogen (secondary N) is 1. The van der Waals surface area contributed by atoms with Crippen molar-refractivity contribution in [1.29, 1.82) is 0 Å². The van der Waals surface area contributed by atoms with Crippen LogP contribution in [0.1, 0.15) is 12.8 Å². The van der Waals surface area contributed by atoms with Gasteiger partial charge >= 0.3 is 0 Å². The summed E-state index contributed by atoms with van der Waals surface area (Å²) >= 11 is 0. The molecule has 2 heteroatoms. The molecule has 2 heterocycles. The molecule has 0 aromatic rings. The van der Waals surface area contributed by atoms with Crippen LogP contribution in [0.3, 0.4) is 0 Å². The third-order valence-corrected chi connectivity index (χ3v) is 1.91. The van der Waals surface area contributed by atoms with E-state index < -0.39 is 0 Å². The van der Waals surface area contributed by atoms with Gasteiger partial charge in [-0.15, -0.1) is 0 Å². The highest BCUT2D eigenvalue weighted by Crippen LogP contribution is 2.12. The van der Waals surface area contributed by atoms with Crippen molar-refractivity contribution in [2.45, 2.75) is 18.9 Å². The van der Waals surface area contributed by atoms with Gasteiger partial charge in [0, 0.05) is 24.8 Å². The molecule has 0 radical (unpaired) electrons. The molecule has 1 atom stereocenters. The van der Waals surface area contributed by atoms with Crippen molar-refractivity contribution >= 4 is 5.71 Å². The summed E-state index contributed by atoms with van der Waals surface area (Å²) in [6, 6.07) is 0.676. The maximum Gasteiger partial charge on any atom is 0.0469 e. The van der Waals surface area contributed by atoms with Crippen LogP contribution in [-0.4, -0.2) is 24.8 Å². The molecule has 2 aliphatic rings. The second-order valence-electron chi connectivity index (χ2n) is 2.42. The average Bonchev–Trinajstić information content (AvgIpc) is 2.15. The summed E-state index contributed by atoms with van der Waals surface area (Å²) in [5, 5.41) is 3.39. The Bertz CT molecular complexity index is 128. The Morgan fingerprint density at radius 3 is 3.50 bits per heavy atom. The molecular formula is C6H10N2. The van der Waals surface area contributed by atoms with Crippen LogP contribution in [0.4, 0.5) is 0 Å². The second kappa shape index (κ2) is 1.55. The van der Waals surface area contributed by atoms with Crippen molar-refractivity contribution in [3.05, 3.63) is 0 Å². The molecule has 0 bridgehead atoms. The van der Waals surface area contributed by atoms with Crippen LogP contribution in [-0.2, 0) is 0 Å². The third kappa shape index (κ3) is 0.494. The quantitative estimate of drug-likeness (QED) is 0.473. The van der Waals surface area contributed by atoms with Crippen LogP contribution < -0.4 is 5.32 Å². The summed E-state index contributed by atoms with van der Waals surface area (Å²) in [4.78, 5) is 4.35. The Balaban J connectivity index is 2.20. The fourth-order valence-electron chi connectivity index (χ4n) is 1.46.